The minimum Gasteiger partial charge on any atom is -0.332 e. The second-order valence-electron chi connectivity index (χ2n) is 5.27. The van der Waals surface area contributed by atoms with Crippen LogP contribution in [0.25, 0.3) is 0 Å². The summed E-state index contributed by atoms with van der Waals surface area (Å²) in [6.07, 6.45) is 0.170. The van der Waals surface area contributed by atoms with Crippen LogP contribution < -0.4 is 4.90 Å². The molecular formula is C16H15FN2O2S. The van der Waals surface area contributed by atoms with Crippen LogP contribution >= 0.6 is 0 Å². The summed E-state index contributed by atoms with van der Waals surface area (Å²) in [7, 11) is -2.11. The Morgan fingerprint density at radius 3 is 2.45 bits per heavy atom. The molecule has 0 bridgehead atoms. The van der Waals surface area contributed by atoms with Gasteiger partial charge in [0.15, 0.2) is 0 Å². The van der Waals surface area contributed by atoms with E-state index < -0.39 is 10.0 Å². The van der Waals surface area contributed by atoms with E-state index in [0.29, 0.717) is 17.1 Å². The van der Waals surface area contributed by atoms with E-state index in [0.717, 1.165) is 5.56 Å². The van der Waals surface area contributed by atoms with Crippen LogP contribution in [0.1, 0.15) is 11.1 Å². The summed E-state index contributed by atoms with van der Waals surface area (Å²) in [6, 6.07) is 11.2. The first-order valence-corrected chi connectivity index (χ1v) is 8.24. The van der Waals surface area contributed by atoms with Crippen LogP contribution in [0.3, 0.4) is 0 Å². The quantitative estimate of drug-likeness (QED) is 0.855. The minimum absolute atomic E-state index is 0.135. The smallest absolute Gasteiger partial charge is 0.283 e. The number of hydrogen-bond donors (Lipinski definition) is 0. The maximum absolute atomic E-state index is 13.8. The third-order valence-corrected chi connectivity index (χ3v) is 5.04. The van der Waals surface area contributed by atoms with E-state index in [1.54, 1.807) is 36.2 Å². The molecule has 1 aliphatic rings. The van der Waals surface area contributed by atoms with Crippen molar-refractivity contribution in [1.29, 1.82) is 0 Å². The molecule has 0 saturated heterocycles. The van der Waals surface area contributed by atoms with Crippen LogP contribution in [0.5, 0.6) is 0 Å². The van der Waals surface area contributed by atoms with Gasteiger partial charge in [-0.05, 0) is 31.2 Å². The summed E-state index contributed by atoms with van der Waals surface area (Å²) < 4.78 is 42.4. The van der Waals surface area contributed by atoms with E-state index in [-0.39, 0.29) is 17.1 Å². The van der Waals surface area contributed by atoms with Crippen molar-refractivity contribution in [2.75, 3.05) is 11.9 Å². The van der Waals surface area contributed by atoms with Crippen molar-refractivity contribution in [1.82, 2.24) is 0 Å². The van der Waals surface area contributed by atoms with E-state index in [2.05, 4.69) is 4.40 Å². The molecule has 3 rings (SSSR count). The summed E-state index contributed by atoms with van der Waals surface area (Å²) in [5, 5.41) is 0. The van der Waals surface area contributed by atoms with E-state index >= 15 is 0 Å². The van der Waals surface area contributed by atoms with Gasteiger partial charge in [-0.1, -0.05) is 23.8 Å². The third-order valence-electron chi connectivity index (χ3n) is 3.72. The van der Waals surface area contributed by atoms with Crippen molar-refractivity contribution in [3.05, 3.63) is 59.4 Å². The normalized spacial score (nSPS) is 16.1. The first-order valence-electron chi connectivity index (χ1n) is 6.80. The molecule has 0 saturated carbocycles. The number of fused-ring (bicyclic) bond motifs is 1. The predicted molar refractivity (Wildman–Crippen MR) is 84.3 cm³/mol. The van der Waals surface area contributed by atoms with Gasteiger partial charge in [-0.3, -0.25) is 0 Å². The van der Waals surface area contributed by atoms with Gasteiger partial charge in [-0.2, -0.15) is 8.42 Å². The lowest BCUT2D eigenvalue weighted by Crippen LogP contribution is -2.23. The molecule has 114 valence electrons. The fourth-order valence-corrected chi connectivity index (χ4v) is 3.50. The van der Waals surface area contributed by atoms with Gasteiger partial charge in [0.05, 0.1) is 4.90 Å². The van der Waals surface area contributed by atoms with Gasteiger partial charge >= 0.3 is 0 Å². The zero-order chi connectivity index (χ0) is 15.9. The Hall–Kier alpha value is -2.21. The Labute approximate surface area is 129 Å². The lowest BCUT2D eigenvalue weighted by molar-refractivity contribution is 0.597. The average molecular weight is 318 g/mol. The molecule has 0 N–H and O–H groups in total. The van der Waals surface area contributed by atoms with Gasteiger partial charge < -0.3 is 4.90 Å². The van der Waals surface area contributed by atoms with Gasteiger partial charge in [0.2, 0.25) is 0 Å². The minimum atomic E-state index is -3.80. The third kappa shape index (κ3) is 2.50. The molecule has 2 aromatic rings. The van der Waals surface area contributed by atoms with E-state index in [4.69, 9.17) is 0 Å². The molecular weight excluding hydrogens is 303 g/mol. The molecule has 0 amide bonds. The van der Waals surface area contributed by atoms with Crippen molar-refractivity contribution in [2.45, 2.75) is 18.2 Å². The summed E-state index contributed by atoms with van der Waals surface area (Å²) in [5.74, 6) is -0.0250. The van der Waals surface area contributed by atoms with E-state index in [1.807, 2.05) is 6.92 Å². The molecule has 0 spiro atoms. The van der Waals surface area contributed by atoms with Gasteiger partial charge in [0.1, 0.15) is 11.7 Å². The zero-order valence-corrected chi connectivity index (χ0v) is 13.1. The van der Waals surface area contributed by atoms with Crippen molar-refractivity contribution in [3.63, 3.8) is 0 Å². The molecule has 0 fully saturated rings. The van der Waals surface area contributed by atoms with Crippen LogP contribution in [0.4, 0.5) is 10.1 Å². The summed E-state index contributed by atoms with van der Waals surface area (Å²) in [5.41, 5.74) is 2.10. The number of sulfonamides is 1. The van der Waals surface area contributed by atoms with Crippen LogP contribution in [0, 0.1) is 12.7 Å². The van der Waals surface area contributed by atoms with E-state index in [9.17, 15) is 12.8 Å². The number of likely N-dealkylation sites (N-methyl/N-ethyl adjacent to an activating group) is 1. The number of nitrogens with zero attached hydrogens (tertiary/aromatic N) is 2. The molecule has 4 nitrogen and oxygen atoms in total. The Balaban J connectivity index is 2.00. The van der Waals surface area contributed by atoms with Crippen LogP contribution in [-0.4, -0.2) is 21.3 Å². The predicted octanol–water partition coefficient (Wildman–Crippen LogP) is 2.91. The lowest BCUT2D eigenvalue weighted by atomic mass is 10.1. The second kappa shape index (κ2) is 5.21. The van der Waals surface area contributed by atoms with Crippen LogP contribution in [-0.2, 0) is 16.4 Å². The molecule has 22 heavy (non-hydrogen) atoms. The molecule has 2 aromatic carbocycles. The van der Waals surface area contributed by atoms with Crippen molar-refractivity contribution in [2.24, 2.45) is 4.40 Å². The molecule has 0 atom stereocenters. The molecule has 1 aliphatic heterocycles. The van der Waals surface area contributed by atoms with Gasteiger partial charge in [0.25, 0.3) is 10.0 Å². The summed E-state index contributed by atoms with van der Waals surface area (Å²) >= 11 is 0. The molecule has 6 heteroatoms. The van der Waals surface area contributed by atoms with Gasteiger partial charge in [-0.25, -0.2) is 4.39 Å². The molecule has 0 aromatic heterocycles. The second-order valence-corrected chi connectivity index (χ2v) is 6.87. The number of hydrogen-bond acceptors (Lipinski definition) is 2. The van der Waals surface area contributed by atoms with E-state index in [1.165, 1.54) is 18.2 Å². The highest BCUT2D eigenvalue weighted by atomic mass is 32.2. The number of aryl methyl sites for hydroxylation is 1. The lowest BCUT2D eigenvalue weighted by Gasteiger charge is -2.13. The van der Waals surface area contributed by atoms with Gasteiger partial charge in [0, 0.05) is 24.7 Å². The summed E-state index contributed by atoms with van der Waals surface area (Å²) in [6.45, 7) is 1.88. The fraction of sp³-hybridized carbons (Fsp3) is 0.188. The SMILES string of the molecule is Cc1ccc(S(=O)(=O)N=C2Cc3c(F)cccc3N2C)cc1. The highest BCUT2D eigenvalue weighted by molar-refractivity contribution is 7.90. The number of anilines is 1. The Morgan fingerprint density at radius 1 is 1.14 bits per heavy atom. The fourth-order valence-electron chi connectivity index (χ4n) is 2.45. The molecule has 1 heterocycles. The van der Waals surface area contributed by atoms with Crippen molar-refractivity contribution >= 4 is 21.5 Å². The zero-order valence-electron chi connectivity index (χ0n) is 12.2. The van der Waals surface area contributed by atoms with Crippen LogP contribution in [0.15, 0.2) is 51.8 Å². The van der Waals surface area contributed by atoms with Crippen LogP contribution in [0.2, 0.25) is 0 Å². The number of halogens is 1. The number of benzene rings is 2. The maximum Gasteiger partial charge on any atom is 0.283 e. The monoisotopic (exact) mass is 318 g/mol. The number of rotatable bonds is 2. The molecule has 0 unspecified atom stereocenters. The summed E-state index contributed by atoms with van der Waals surface area (Å²) in [4.78, 5) is 1.75. The first kappa shape index (κ1) is 14.7. The largest absolute Gasteiger partial charge is 0.332 e. The van der Waals surface area contributed by atoms with Crippen molar-refractivity contribution in [3.8, 4) is 0 Å². The average Bonchev–Trinajstić information content (AvgIpc) is 2.78. The Bertz CT molecular complexity index is 858. The molecule has 0 radical (unpaired) electrons. The highest BCUT2D eigenvalue weighted by Gasteiger charge is 2.27. The molecule has 0 aliphatic carbocycles. The highest BCUT2D eigenvalue weighted by Crippen LogP contribution is 2.30. The van der Waals surface area contributed by atoms with Crippen molar-refractivity contribution < 1.29 is 12.8 Å². The maximum atomic E-state index is 13.8. The van der Waals surface area contributed by atoms with Gasteiger partial charge in [-0.15, -0.1) is 4.40 Å². The number of amidine groups is 1. The Morgan fingerprint density at radius 2 is 1.82 bits per heavy atom. The standard InChI is InChI=1S/C16H15FN2O2S/c1-11-6-8-12(9-7-11)22(20,21)18-16-10-13-14(17)4-3-5-15(13)19(16)2/h3-9H,10H2,1-2H3. The Kier molecular flexibility index (Phi) is 3.48. The first-order chi connectivity index (χ1) is 10.4. The topological polar surface area (TPSA) is 49.7 Å².